The molecule has 1 N–H and O–H groups in total. The number of esters is 1. The molecule has 7 nitrogen and oxygen atoms in total. The van der Waals surface area contributed by atoms with E-state index >= 15 is 0 Å². The van der Waals surface area contributed by atoms with Crippen LogP contribution in [0.3, 0.4) is 0 Å². The number of carbonyl (C=O) groups excluding carboxylic acids is 2. The molecule has 1 saturated carbocycles. The second kappa shape index (κ2) is 8.23. The van der Waals surface area contributed by atoms with E-state index in [1.54, 1.807) is 75.4 Å². The van der Waals surface area contributed by atoms with E-state index in [2.05, 4.69) is 23.7 Å². The van der Waals surface area contributed by atoms with E-state index < -0.39 is 40.3 Å². The molecule has 0 spiro atoms. The molecule has 2 aliphatic heterocycles. The number of aliphatic hydroxyl groups is 1. The Hall–Kier alpha value is -4.04. The van der Waals surface area contributed by atoms with Crippen molar-refractivity contribution >= 4 is 17.7 Å². The third-order valence-corrected chi connectivity index (χ3v) is 7.58. The van der Waals surface area contributed by atoms with Crippen LogP contribution in [0.1, 0.15) is 45.6 Å². The molecule has 2 fully saturated rings. The van der Waals surface area contributed by atoms with Crippen molar-refractivity contribution < 1.29 is 28.9 Å². The first-order valence-corrected chi connectivity index (χ1v) is 12.7. The fourth-order valence-electron chi connectivity index (χ4n) is 5.81. The van der Waals surface area contributed by atoms with Crippen molar-refractivity contribution in [1.29, 1.82) is 0 Å². The third kappa shape index (κ3) is 3.40. The molecule has 4 bridgehead atoms. The van der Waals surface area contributed by atoms with Gasteiger partial charge in [0.2, 0.25) is 0 Å². The molecule has 192 valence electrons. The normalized spacial score (nSPS) is 30.6. The summed E-state index contributed by atoms with van der Waals surface area (Å²) in [7, 11) is 0. The summed E-state index contributed by atoms with van der Waals surface area (Å²) >= 11 is 0. The molecular formula is C31H27NO6. The van der Waals surface area contributed by atoms with Crippen LogP contribution in [0.15, 0.2) is 60.7 Å². The van der Waals surface area contributed by atoms with Crippen LogP contribution in [-0.4, -0.2) is 34.4 Å². The van der Waals surface area contributed by atoms with Gasteiger partial charge in [0.05, 0.1) is 11.1 Å². The highest BCUT2D eigenvalue weighted by molar-refractivity contribution is 5.95. The summed E-state index contributed by atoms with van der Waals surface area (Å²) in [4.78, 5) is 28.0. The van der Waals surface area contributed by atoms with E-state index in [1.807, 2.05) is 6.07 Å². The maximum absolute atomic E-state index is 13.8. The summed E-state index contributed by atoms with van der Waals surface area (Å²) in [5.74, 6) is 12.3. The second-order valence-corrected chi connectivity index (χ2v) is 11.0. The number of hydrogen-bond donors (Lipinski definition) is 1. The van der Waals surface area contributed by atoms with Gasteiger partial charge in [-0.2, -0.15) is 0 Å². The van der Waals surface area contributed by atoms with Gasteiger partial charge in [0.1, 0.15) is 23.1 Å². The summed E-state index contributed by atoms with van der Waals surface area (Å²) in [5.41, 5.74) is -3.42. The van der Waals surface area contributed by atoms with Crippen molar-refractivity contribution in [3.05, 3.63) is 66.2 Å². The predicted octanol–water partition coefficient (Wildman–Crippen LogP) is 4.48. The number of benzene rings is 2. The van der Waals surface area contributed by atoms with Crippen molar-refractivity contribution in [2.45, 2.75) is 62.9 Å². The molecule has 2 aromatic rings. The number of fused-ring (bicyclic) bond motifs is 1. The largest absolute Gasteiger partial charge is 0.426 e. The van der Waals surface area contributed by atoms with Gasteiger partial charge in [-0.25, -0.2) is 4.79 Å². The topological polar surface area (TPSA) is 88.6 Å². The second-order valence-electron chi connectivity index (χ2n) is 11.0. The number of hydrogen-bond acceptors (Lipinski definition) is 6. The smallest absolute Gasteiger partial charge is 0.420 e. The number of ether oxygens (including phenoxy) is 3. The zero-order valence-corrected chi connectivity index (χ0v) is 21.4. The summed E-state index contributed by atoms with van der Waals surface area (Å²) < 4.78 is 18.0. The predicted molar refractivity (Wildman–Crippen MR) is 139 cm³/mol. The van der Waals surface area contributed by atoms with Gasteiger partial charge in [-0.1, -0.05) is 47.9 Å². The third-order valence-electron chi connectivity index (χ3n) is 7.58. The average Bonchev–Trinajstić information content (AvgIpc) is 3.59. The van der Waals surface area contributed by atoms with Crippen molar-refractivity contribution in [3.8, 4) is 35.2 Å². The Balaban J connectivity index is 1.55. The molecule has 1 saturated heterocycles. The monoisotopic (exact) mass is 509 g/mol. The fourth-order valence-corrected chi connectivity index (χ4v) is 5.81. The minimum Gasteiger partial charge on any atom is -0.426 e. The summed E-state index contributed by atoms with van der Waals surface area (Å²) in [6, 6.07) is 13.0. The molecule has 0 radical (unpaired) electrons. The van der Waals surface area contributed by atoms with Crippen LogP contribution in [0.2, 0.25) is 0 Å². The van der Waals surface area contributed by atoms with Crippen molar-refractivity contribution in [2.24, 2.45) is 5.41 Å². The van der Waals surface area contributed by atoms with Crippen LogP contribution in [0.25, 0.3) is 0 Å². The first-order chi connectivity index (χ1) is 18.1. The zero-order chi connectivity index (χ0) is 26.8. The number of epoxide rings is 1. The van der Waals surface area contributed by atoms with Gasteiger partial charge in [0.25, 0.3) is 0 Å². The number of amides is 1. The van der Waals surface area contributed by atoms with Gasteiger partial charge in [-0.05, 0) is 70.4 Å². The van der Waals surface area contributed by atoms with Gasteiger partial charge in [-0.15, -0.1) is 0 Å². The first kappa shape index (κ1) is 24.3. The summed E-state index contributed by atoms with van der Waals surface area (Å²) in [6.07, 6.45) is 4.16. The van der Waals surface area contributed by atoms with Crippen LogP contribution in [-0.2, 0) is 15.1 Å². The molecular weight excluding hydrogens is 482 g/mol. The highest BCUT2D eigenvalue weighted by Gasteiger charge is 2.86. The number of carbonyl (C=O) groups is 2. The Morgan fingerprint density at radius 2 is 1.79 bits per heavy atom. The van der Waals surface area contributed by atoms with Crippen LogP contribution >= 0.6 is 0 Å². The molecule has 0 aromatic heterocycles. The van der Waals surface area contributed by atoms with E-state index in [9.17, 15) is 14.7 Å². The molecule has 2 aliphatic carbocycles. The van der Waals surface area contributed by atoms with Gasteiger partial charge >= 0.3 is 12.1 Å². The van der Waals surface area contributed by atoms with Gasteiger partial charge in [0.15, 0.2) is 11.2 Å². The highest BCUT2D eigenvalue weighted by atomic mass is 16.7. The molecule has 4 atom stereocenters. The lowest BCUT2D eigenvalue weighted by atomic mass is 9.61. The Kier molecular flexibility index (Phi) is 5.26. The number of nitrogens with zero attached hydrogens (tertiary/aromatic N) is 1. The Labute approximate surface area is 221 Å². The molecule has 1 amide bonds. The maximum atomic E-state index is 13.8. The molecule has 38 heavy (non-hydrogen) atoms. The number of allylic oxidation sites excluding steroid dienone is 2. The summed E-state index contributed by atoms with van der Waals surface area (Å²) in [5, 5.41) is 12.0. The molecule has 2 heterocycles. The first-order valence-electron chi connectivity index (χ1n) is 12.7. The molecule has 0 unspecified atom stereocenters. The number of para-hydroxylation sites is 1. The maximum Gasteiger partial charge on any atom is 0.420 e. The molecule has 6 rings (SSSR count). The highest BCUT2D eigenvalue weighted by Crippen LogP contribution is 2.73. The average molecular weight is 510 g/mol. The molecule has 2 aromatic carbocycles. The lowest BCUT2D eigenvalue weighted by Gasteiger charge is -2.46. The van der Waals surface area contributed by atoms with Crippen molar-refractivity contribution in [2.75, 3.05) is 4.90 Å². The Morgan fingerprint density at radius 1 is 1.03 bits per heavy atom. The van der Waals surface area contributed by atoms with Crippen LogP contribution in [0.4, 0.5) is 10.5 Å². The minimum absolute atomic E-state index is 0.259. The Bertz CT molecular complexity index is 1500. The lowest BCUT2D eigenvalue weighted by molar-refractivity contribution is -0.143. The van der Waals surface area contributed by atoms with E-state index in [0.717, 1.165) is 0 Å². The van der Waals surface area contributed by atoms with E-state index in [0.29, 0.717) is 36.3 Å². The summed E-state index contributed by atoms with van der Waals surface area (Å²) in [6.45, 7) is 5.29. The zero-order valence-electron chi connectivity index (χ0n) is 21.4. The van der Waals surface area contributed by atoms with E-state index in [1.165, 1.54) is 4.90 Å². The van der Waals surface area contributed by atoms with E-state index in [4.69, 9.17) is 14.2 Å². The van der Waals surface area contributed by atoms with E-state index in [-0.39, 0.29) is 5.75 Å². The van der Waals surface area contributed by atoms with Crippen LogP contribution in [0, 0.1) is 29.1 Å². The minimum atomic E-state index is -1.50. The van der Waals surface area contributed by atoms with Gasteiger partial charge in [0, 0.05) is 11.6 Å². The van der Waals surface area contributed by atoms with Crippen molar-refractivity contribution in [3.63, 3.8) is 0 Å². The SMILES string of the molecule is CC(C)(C)C(=O)Oc1ccc2c(c1)N(C(=O)Oc1ccccc1)[C@H]1C#C/C=C\C#C[C@@]3(O)CCC[C@]14O[C@@]234. The number of rotatable bonds is 2. The number of anilines is 1. The fraction of sp³-hybridized carbons (Fsp3) is 0.355. The quantitative estimate of drug-likeness (QED) is 0.278. The lowest BCUT2D eigenvalue weighted by Crippen LogP contribution is -2.62. The van der Waals surface area contributed by atoms with Crippen LogP contribution < -0.4 is 14.4 Å². The standard InChI is InChI=1S/C31H27NO6/c1-28(2,3)26(33)36-22-15-16-23-24(20-22)32(27(34)37-21-12-7-6-8-13-21)25-14-9-4-5-10-17-29(35)18-11-19-30(25)31(23,29)38-30/h4-8,12-13,15-16,20,25,35H,11,18-19H2,1-3H3/b5-4-/t25-,29+,30-,31-/m0/s1. The van der Waals surface area contributed by atoms with Gasteiger partial charge < -0.3 is 19.3 Å². The van der Waals surface area contributed by atoms with Crippen molar-refractivity contribution in [1.82, 2.24) is 0 Å². The van der Waals surface area contributed by atoms with Crippen LogP contribution in [0.5, 0.6) is 11.5 Å². The molecule has 4 aliphatic rings. The molecule has 7 heteroatoms. The van der Waals surface area contributed by atoms with Gasteiger partial charge in [-0.3, -0.25) is 9.69 Å². The Morgan fingerprint density at radius 3 is 2.55 bits per heavy atom.